The van der Waals surface area contributed by atoms with Gasteiger partial charge in [0, 0.05) is 25.6 Å². The highest BCUT2D eigenvalue weighted by molar-refractivity contribution is 5.86. The Morgan fingerprint density at radius 1 is 1.10 bits per heavy atom. The van der Waals surface area contributed by atoms with E-state index >= 15 is 0 Å². The Kier molecular flexibility index (Phi) is 8.00. The molecule has 0 aromatic heterocycles. The molecule has 0 atom stereocenters. The molecule has 7 heteroatoms. The van der Waals surface area contributed by atoms with Gasteiger partial charge < -0.3 is 20.7 Å². The van der Waals surface area contributed by atoms with Gasteiger partial charge in [0.1, 0.15) is 11.6 Å². The molecular formula is C22H29FN4O2. The minimum absolute atomic E-state index is 0.0935. The van der Waals surface area contributed by atoms with Gasteiger partial charge >= 0.3 is 0 Å². The number of halogens is 1. The van der Waals surface area contributed by atoms with E-state index in [0.29, 0.717) is 19.0 Å². The lowest BCUT2D eigenvalue weighted by Gasteiger charge is -2.26. The second-order valence-electron chi connectivity index (χ2n) is 7.30. The van der Waals surface area contributed by atoms with Gasteiger partial charge in [0.15, 0.2) is 5.96 Å². The molecule has 0 spiro atoms. The van der Waals surface area contributed by atoms with Crippen molar-refractivity contribution in [3.63, 3.8) is 0 Å². The average Bonchev–Trinajstić information content (AvgIpc) is 2.72. The molecule has 6 nitrogen and oxygen atoms in total. The molecule has 0 radical (unpaired) electrons. The van der Waals surface area contributed by atoms with Crippen molar-refractivity contribution >= 4 is 11.9 Å². The number of hydrogen-bond donors (Lipinski definition) is 3. The second kappa shape index (κ2) is 10.5. The van der Waals surface area contributed by atoms with Gasteiger partial charge in [-0.2, -0.15) is 0 Å². The van der Waals surface area contributed by atoms with E-state index in [4.69, 9.17) is 4.74 Å². The summed E-state index contributed by atoms with van der Waals surface area (Å²) in [6.07, 6.45) is 0. The van der Waals surface area contributed by atoms with Crippen molar-refractivity contribution in [1.82, 2.24) is 16.0 Å². The number of carbonyl (C=O) groups is 1. The SMILES string of the molecule is CN=C(NCC(=O)NCc1ccc(OC)cc1)NCC(C)(C)c1cccc(F)c1. The number of aliphatic imine (C=N–C) groups is 1. The normalized spacial score (nSPS) is 11.7. The van der Waals surface area contributed by atoms with Gasteiger partial charge in [-0.3, -0.25) is 9.79 Å². The average molecular weight is 400 g/mol. The second-order valence-corrected chi connectivity index (χ2v) is 7.30. The molecule has 156 valence electrons. The largest absolute Gasteiger partial charge is 0.497 e. The van der Waals surface area contributed by atoms with Crippen molar-refractivity contribution < 1.29 is 13.9 Å². The number of guanidine groups is 1. The summed E-state index contributed by atoms with van der Waals surface area (Å²) in [4.78, 5) is 16.2. The monoisotopic (exact) mass is 400 g/mol. The topological polar surface area (TPSA) is 74.8 Å². The maximum absolute atomic E-state index is 13.5. The molecule has 0 aliphatic rings. The molecule has 3 N–H and O–H groups in total. The molecule has 0 unspecified atom stereocenters. The first-order chi connectivity index (χ1) is 13.8. The molecule has 2 aromatic rings. The van der Waals surface area contributed by atoms with E-state index in [-0.39, 0.29) is 23.7 Å². The molecule has 0 heterocycles. The van der Waals surface area contributed by atoms with Crippen LogP contribution in [0.4, 0.5) is 4.39 Å². The van der Waals surface area contributed by atoms with E-state index in [1.54, 1.807) is 20.2 Å². The van der Waals surface area contributed by atoms with Crippen molar-refractivity contribution in [2.75, 3.05) is 27.2 Å². The molecule has 0 aliphatic carbocycles. The Morgan fingerprint density at radius 2 is 1.83 bits per heavy atom. The molecule has 0 saturated heterocycles. The third-order valence-electron chi connectivity index (χ3n) is 4.59. The fourth-order valence-electron chi connectivity index (χ4n) is 2.71. The van der Waals surface area contributed by atoms with E-state index in [1.807, 2.05) is 44.2 Å². The number of ether oxygens (including phenoxy) is 1. The number of amides is 1. The van der Waals surface area contributed by atoms with Crippen molar-refractivity contribution in [1.29, 1.82) is 0 Å². The van der Waals surface area contributed by atoms with Crippen LogP contribution in [0.1, 0.15) is 25.0 Å². The standard InChI is InChI=1S/C22H29FN4O2/c1-22(2,17-6-5-7-18(23)12-17)15-27-21(24-3)26-14-20(28)25-13-16-8-10-19(29-4)11-9-16/h5-12H,13-15H2,1-4H3,(H,25,28)(H2,24,26,27). The van der Waals surface area contributed by atoms with Crippen LogP contribution in [-0.2, 0) is 16.8 Å². The summed E-state index contributed by atoms with van der Waals surface area (Å²) in [5.74, 6) is 0.881. The number of methoxy groups -OCH3 is 1. The number of nitrogens with one attached hydrogen (secondary N) is 3. The summed E-state index contributed by atoms with van der Waals surface area (Å²) in [5.41, 5.74) is 1.56. The van der Waals surface area contributed by atoms with Crippen LogP contribution in [-0.4, -0.2) is 39.1 Å². The first-order valence-electron chi connectivity index (χ1n) is 9.44. The lowest BCUT2D eigenvalue weighted by atomic mass is 9.84. The third kappa shape index (κ3) is 7.10. The van der Waals surface area contributed by atoms with Crippen LogP contribution in [0.15, 0.2) is 53.5 Å². The summed E-state index contributed by atoms with van der Waals surface area (Å²) < 4.78 is 18.6. The number of carbonyl (C=O) groups excluding carboxylic acids is 1. The molecule has 1 amide bonds. The first-order valence-corrected chi connectivity index (χ1v) is 9.44. The highest BCUT2D eigenvalue weighted by Gasteiger charge is 2.21. The minimum Gasteiger partial charge on any atom is -0.497 e. The van der Waals surface area contributed by atoms with Crippen LogP contribution in [0.3, 0.4) is 0 Å². The van der Waals surface area contributed by atoms with Crippen molar-refractivity contribution in [2.45, 2.75) is 25.8 Å². The molecule has 2 aromatic carbocycles. The highest BCUT2D eigenvalue weighted by atomic mass is 19.1. The van der Waals surface area contributed by atoms with Gasteiger partial charge in [0.2, 0.25) is 5.91 Å². The molecule has 0 fully saturated rings. The number of nitrogens with zero attached hydrogens (tertiary/aromatic N) is 1. The van der Waals surface area contributed by atoms with Crippen molar-refractivity contribution in [2.24, 2.45) is 4.99 Å². The van der Waals surface area contributed by atoms with E-state index in [0.717, 1.165) is 16.9 Å². The lowest BCUT2D eigenvalue weighted by molar-refractivity contribution is -0.120. The third-order valence-corrected chi connectivity index (χ3v) is 4.59. The smallest absolute Gasteiger partial charge is 0.239 e. The van der Waals surface area contributed by atoms with E-state index in [9.17, 15) is 9.18 Å². The van der Waals surface area contributed by atoms with Crippen LogP contribution in [0.5, 0.6) is 5.75 Å². The quantitative estimate of drug-likeness (QED) is 0.470. The number of hydrogen-bond acceptors (Lipinski definition) is 3. The predicted octanol–water partition coefficient (Wildman–Crippen LogP) is 2.59. The fourth-order valence-corrected chi connectivity index (χ4v) is 2.71. The van der Waals surface area contributed by atoms with Gasteiger partial charge in [-0.15, -0.1) is 0 Å². The van der Waals surface area contributed by atoms with Gasteiger partial charge in [0.05, 0.1) is 13.7 Å². The first kappa shape index (κ1) is 22.2. The van der Waals surface area contributed by atoms with Gasteiger partial charge in [-0.05, 0) is 35.4 Å². The summed E-state index contributed by atoms with van der Waals surface area (Å²) in [6.45, 7) is 5.09. The summed E-state index contributed by atoms with van der Waals surface area (Å²) in [6, 6.07) is 14.1. The number of rotatable bonds is 8. The molecule has 29 heavy (non-hydrogen) atoms. The van der Waals surface area contributed by atoms with Crippen LogP contribution < -0.4 is 20.7 Å². The predicted molar refractivity (Wildman–Crippen MR) is 114 cm³/mol. The fraction of sp³-hybridized carbons (Fsp3) is 0.364. The maximum atomic E-state index is 13.5. The van der Waals surface area contributed by atoms with E-state index in [2.05, 4.69) is 20.9 Å². The van der Waals surface area contributed by atoms with E-state index in [1.165, 1.54) is 12.1 Å². The molecule has 2 rings (SSSR count). The Bertz CT molecular complexity index is 835. The highest BCUT2D eigenvalue weighted by Crippen LogP contribution is 2.22. The summed E-state index contributed by atoms with van der Waals surface area (Å²) in [7, 11) is 3.25. The van der Waals surface area contributed by atoms with Gasteiger partial charge in [-0.25, -0.2) is 4.39 Å². The molecule has 0 bridgehead atoms. The summed E-state index contributed by atoms with van der Waals surface area (Å²) in [5, 5.41) is 9.04. The van der Waals surface area contributed by atoms with Crippen molar-refractivity contribution in [3.05, 3.63) is 65.5 Å². The Morgan fingerprint density at radius 3 is 2.45 bits per heavy atom. The van der Waals surface area contributed by atoms with Crippen molar-refractivity contribution in [3.8, 4) is 5.75 Å². The van der Waals surface area contributed by atoms with Crippen LogP contribution in [0, 0.1) is 5.82 Å². The lowest BCUT2D eigenvalue weighted by Crippen LogP contribution is -2.46. The minimum atomic E-state index is -0.309. The Hall–Kier alpha value is -3.09. The van der Waals surface area contributed by atoms with Gasteiger partial charge in [-0.1, -0.05) is 38.1 Å². The van der Waals surface area contributed by atoms with Crippen LogP contribution >= 0.6 is 0 Å². The van der Waals surface area contributed by atoms with E-state index < -0.39 is 0 Å². The number of benzene rings is 2. The Labute approximate surface area is 171 Å². The molecule has 0 aliphatic heterocycles. The molecular weight excluding hydrogens is 371 g/mol. The zero-order valence-electron chi connectivity index (χ0n) is 17.4. The van der Waals surface area contributed by atoms with Gasteiger partial charge in [0.25, 0.3) is 0 Å². The zero-order chi connectivity index (χ0) is 21.3. The summed E-state index contributed by atoms with van der Waals surface area (Å²) >= 11 is 0. The zero-order valence-corrected chi connectivity index (χ0v) is 17.4. The molecule has 0 saturated carbocycles. The van der Waals surface area contributed by atoms with Crippen LogP contribution in [0.2, 0.25) is 0 Å². The maximum Gasteiger partial charge on any atom is 0.239 e. The van der Waals surface area contributed by atoms with Crippen LogP contribution in [0.25, 0.3) is 0 Å². The Balaban J connectivity index is 1.78.